The minimum absolute atomic E-state index is 0.0648. The highest BCUT2D eigenvalue weighted by Gasteiger charge is 2.28. The van der Waals surface area contributed by atoms with Crippen LogP contribution in [0.3, 0.4) is 0 Å². The van der Waals surface area contributed by atoms with Crippen LogP contribution in [0.5, 0.6) is 0 Å². The highest BCUT2D eigenvalue weighted by atomic mass is 32.2. The summed E-state index contributed by atoms with van der Waals surface area (Å²) < 4.78 is 41.3. The summed E-state index contributed by atoms with van der Waals surface area (Å²) >= 11 is -0.205. The van der Waals surface area contributed by atoms with Crippen LogP contribution in [0.4, 0.5) is 13.2 Å². The van der Waals surface area contributed by atoms with Crippen molar-refractivity contribution in [1.82, 2.24) is 5.32 Å². The maximum atomic E-state index is 12.2. The first-order chi connectivity index (χ1) is 10.7. The minimum atomic E-state index is -4.33. The highest BCUT2D eigenvalue weighted by Crippen LogP contribution is 2.36. The zero-order valence-corrected chi connectivity index (χ0v) is 13.3. The van der Waals surface area contributed by atoms with Crippen LogP contribution in [0, 0.1) is 0 Å². The molecule has 0 saturated heterocycles. The van der Waals surface area contributed by atoms with E-state index in [0.717, 1.165) is 0 Å². The smallest absolute Gasteiger partial charge is 0.446 e. The number of rotatable bonds is 6. The minimum Gasteiger partial charge on any atom is -0.464 e. The van der Waals surface area contributed by atoms with E-state index in [9.17, 15) is 22.8 Å². The number of carbonyl (C=O) groups excluding carboxylic acids is 2. The predicted octanol–water partition coefficient (Wildman–Crippen LogP) is 3.38. The molecule has 0 aromatic heterocycles. The lowest BCUT2D eigenvalue weighted by molar-refractivity contribution is -0.146. The van der Waals surface area contributed by atoms with Crippen LogP contribution in [0.1, 0.15) is 19.4 Å². The summed E-state index contributed by atoms with van der Waals surface area (Å²) in [5.41, 5.74) is -3.77. The molecule has 0 spiro atoms. The molecule has 0 radical (unpaired) electrons. The Hall–Kier alpha value is -1.96. The molecule has 0 aliphatic carbocycles. The normalized spacial score (nSPS) is 12.9. The molecule has 126 valence electrons. The van der Waals surface area contributed by atoms with Crippen molar-refractivity contribution in [1.29, 1.82) is 0 Å². The summed E-state index contributed by atoms with van der Waals surface area (Å²) in [6.45, 7) is 3.37. The monoisotopic (exact) mass is 347 g/mol. The third-order valence-electron chi connectivity index (χ3n) is 2.54. The number of ether oxygens (including phenoxy) is 1. The summed E-state index contributed by atoms with van der Waals surface area (Å²) in [7, 11) is 0. The van der Waals surface area contributed by atoms with E-state index in [1.807, 2.05) is 0 Å². The van der Waals surface area contributed by atoms with E-state index < -0.39 is 23.4 Å². The van der Waals surface area contributed by atoms with Crippen molar-refractivity contribution in [2.45, 2.75) is 30.3 Å². The van der Waals surface area contributed by atoms with Gasteiger partial charge in [0, 0.05) is 11.0 Å². The van der Waals surface area contributed by atoms with Gasteiger partial charge in [0.15, 0.2) is 0 Å². The van der Waals surface area contributed by atoms with Crippen molar-refractivity contribution in [2.24, 2.45) is 0 Å². The van der Waals surface area contributed by atoms with Gasteiger partial charge < -0.3 is 10.1 Å². The first kappa shape index (κ1) is 19.1. The molecule has 0 bridgehead atoms. The molecule has 0 fully saturated rings. The number of benzene rings is 1. The maximum absolute atomic E-state index is 12.2. The van der Waals surface area contributed by atoms with Gasteiger partial charge in [-0.1, -0.05) is 12.1 Å². The zero-order chi connectivity index (χ0) is 17.5. The third-order valence-corrected chi connectivity index (χ3v) is 3.28. The van der Waals surface area contributed by atoms with E-state index in [1.165, 1.54) is 43.3 Å². The molecule has 1 aromatic rings. The molecule has 23 heavy (non-hydrogen) atoms. The van der Waals surface area contributed by atoms with Crippen LogP contribution < -0.4 is 5.32 Å². The number of amides is 1. The summed E-state index contributed by atoms with van der Waals surface area (Å²) in [4.78, 5) is 23.0. The Balaban J connectivity index is 2.56. The lowest BCUT2D eigenvalue weighted by Crippen LogP contribution is -2.38. The quantitative estimate of drug-likeness (QED) is 0.487. The first-order valence-corrected chi connectivity index (χ1v) is 7.54. The fraction of sp³-hybridized carbons (Fsp3) is 0.333. The summed E-state index contributed by atoms with van der Waals surface area (Å²) in [5.74, 6) is -1.04. The second-order valence-corrected chi connectivity index (χ2v) is 5.57. The van der Waals surface area contributed by atoms with Crippen molar-refractivity contribution in [3.63, 3.8) is 0 Å². The van der Waals surface area contributed by atoms with Gasteiger partial charge >= 0.3 is 11.5 Å². The number of halogens is 3. The second-order valence-electron chi connectivity index (χ2n) is 4.43. The third kappa shape index (κ3) is 7.73. The summed E-state index contributed by atoms with van der Waals surface area (Å²) in [5, 5.41) is 2.42. The van der Waals surface area contributed by atoms with Crippen molar-refractivity contribution in [3.8, 4) is 0 Å². The van der Waals surface area contributed by atoms with Crippen LogP contribution in [0.15, 0.2) is 35.2 Å². The Morgan fingerprint density at radius 1 is 1.30 bits per heavy atom. The summed E-state index contributed by atoms with van der Waals surface area (Å²) in [6, 6.07) is 4.78. The van der Waals surface area contributed by atoms with Gasteiger partial charge in [-0.2, -0.15) is 13.2 Å². The number of nitrogens with one attached hydrogen (secondary N) is 1. The fourth-order valence-corrected chi connectivity index (χ4v) is 2.08. The second kappa shape index (κ2) is 8.61. The van der Waals surface area contributed by atoms with E-state index in [0.29, 0.717) is 5.56 Å². The largest absolute Gasteiger partial charge is 0.464 e. The predicted molar refractivity (Wildman–Crippen MR) is 81.6 cm³/mol. The molecule has 1 N–H and O–H groups in total. The van der Waals surface area contributed by atoms with E-state index in [4.69, 9.17) is 4.74 Å². The Labute approximate surface area is 136 Å². The number of hydrogen-bond donors (Lipinski definition) is 1. The molecule has 8 heteroatoms. The number of hydrogen-bond acceptors (Lipinski definition) is 4. The Bertz CT molecular complexity index is 570. The Morgan fingerprint density at radius 2 is 1.91 bits per heavy atom. The molecule has 1 rings (SSSR count). The molecule has 4 nitrogen and oxygen atoms in total. The molecule has 1 amide bonds. The maximum Gasteiger partial charge on any atom is 0.446 e. The van der Waals surface area contributed by atoms with Crippen molar-refractivity contribution >= 4 is 29.7 Å². The molecule has 1 atom stereocenters. The van der Waals surface area contributed by atoms with Gasteiger partial charge in [-0.3, -0.25) is 4.79 Å². The lowest BCUT2D eigenvalue weighted by Gasteiger charge is -2.10. The van der Waals surface area contributed by atoms with Crippen LogP contribution in [0.2, 0.25) is 0 Å². The molecule has 0 aliphatic heterocycles. The van der Waals surface area contributed by atoms with Gasteiger partial charge in [-0.05, 0) is 49.4 Å². The lowest BCUT2D eigenvalue weighted by atomic mass is 10.2. The molecular formula is C15H16F3NO3S. The number of carbonyl (C=O) groups is 2. The standard InChI is InChI=1S/C15H16F3NO3S/c1-3-22-14(21)10(2)19-13(20)9-6-11-4-7-12(8-5-11)23-15(16,17)18/h4-10H,3H2,1-2H3,(H,19,20). The topological polar surface area (TPSA) is 55.4 Å². The van der Waals surface area contributed by atoms with Crippen LogP contribution in [-0.4, -0.2) is 30.0 Å². The van der Waals surface area contributed by atoms with Gasteiger partial charge in [0.1, 0.15) is 6.04 Å². The molecule has 1 aromatic carbocycles. The van der Waals surface area contributed by atoms with Crippen molar-refractivity contribution < 1.29 is 27.5 Å². The van der Waals surface area contributed by atoms with Gasteiger partial charge in [0.25, 0.3) is 0 Å². The van der Waals surface area contributed by atoms with Gasteiger partial charge in [0.2, 0.25) is 5.91 Å². The van der Waals surface area contributed by atoms with E-state index in [-0.39, 0.29) is 23.3 Å². The fourth-order valence-electron chi connectivity index (χ4n) is 1.54. The molecule has 1 unspecified atom stereocenters. The average Bonchev–Trinajstić information content (AvgIpc) is 2.45. The first-order valence-electron chi connectivity index (χ1n) is 6.72. The molecule has 0 saturated carbocycles. The highest BCUT2D eigenvalue weighted by molar-refractivity contribution is 8.00. The van der Waals surface area contributed by atoms with Crippen molar-refractivity contribution in [2.75, 3.05) is 6.61 Å². The van der Waals surface area contributed by atoms with Gasteiger partial charge in [-0.15, -0.1) is 0 Å². The van der Waals surface area contributed by atoms with Crippen molar-refractivity contribution in [3.05, 3.63) is 35.9 Å². The molecular weight excluding hydrogens is 331 g/mol. The SMILES string of the molecule is CCOC(=O)C(C)NC(=O)C=Cc1ccc(SC(F)(F)F)cc1. The van der Waals surface area contributed by atoms with E-state index >= 15 is 0 Å². The number of esters is 1. The van der Waals surface area contributed by atoms with Gasteiger partial charge in [0.05, 0.1) is 6.61 Å². The van der Waals surface area contributed by atoms with Crippen LogP contribution >= 0.6 is 11.8 Å². The molecule has 0 aliphatic rings. The molecule has 0 heterocycles. The number of alkyl halides is 3. The average molecular weight is 347 g/mol. The zero-order valence-electron chi connectivity index (χ0n) is 12.5. The Kier molecular flexibility index (Phi) is 7.15. The van der Waals surface area contributed by atoms with Gasteiger partial charge in [-0.25, -0.2) is 4.79 Å². The van der Waals surface area contributed by atoms with Crippen LogP contribution in [-0.2, 0) is 14.3 Å². The Morgan fingerprint density at radius 3 is 2.43 bits per heavy atom. The van der Waals surface area contributed by atoms with E-state index in [1.54, 1.807) is 6.92 Å². The van der Waals surface area contributed by atoms with E-state index in [2.05, 4.69) is 5.32 Å². The number of thioether (sulfide) groups is 1. The van der Waals surface area contributed by atoms with Crippen LogP contribution in [0.25, 0.3) is 6.08 Å². The summed E-state index contributed by atoms with van der Waals surface area (Å²) in [6.07, 6.45) is 2.64.